The van der Waals surface area contributed by atoms with Crippen LogP contribution in [0.2, 0.25) is 0 Å². The highest BCUT2D eigenvalue weighted by molar-refractivity contribution is 7.11. The molecule has 0 aliphatic rings. The Kier molecular flexibility index (Phi) is 7.77. The molecule has 0 fully saturated rings. The van der Waals surface area contributed by atoms with Crippen LogP contribution < -0.4 is 15.0 Å². The molecule has 170 valence electrons. The normalized spacial score (nSPS) is 10.7. The lowest BCUT2D eigenvalue weighted by Gasteiger charge is -2.10. The molecule has 0 saturated heterocycles. The van der Waals surface area contributed by atoms with Crippen LogP contribution in [0.3, 0.4) is 0 Å². The maximum atomic E-state index is 12.8. The summed E-state index contributed by atoms with van der Waals surface area (Å²) < 4.78 is 22.0. The zero-order valence-corrected chi connectivity index (χ0v) is 18.8. The number of carbonyl (C=O) groups excluding carboxylic acids is 2. The Morgan fingerprint density at radius 1 is 1.12 bits per heavy atom. The molecule has 0 aliphatic heterocycles. The molecule has 32 heavy (non-hydrogen) atoms. The molecule has 1 aromatic carbocycles. The van der Waals surface area contributed by atoms with Gasteiger partial charge in [-0.2, -0.15) is 0 Å². The quantitative estimate of drug-likeness (QED) is 0.420. The lowest BCUT2D eigenvalue weighted by Crippen LogP contribution is -2.21. The number of methoxy groups -OCH3 is 2. The SMILES string of the molecule is CCOC(=O)c1nc(COC(=O)CCCn2cnc3cc(OC)c(OC)cc3c2=O)cs1. The van der Waals surface area contributed by atoms with Crippen molar-refractivity contribution in [2.75, 3.05) is 20.8 Å². The average molecular weight is 461 g/mol. The molecule has 0 atom stereocenters. The van der Waals surface area contributed by atoms with Crippen molar-refractivity contribution in [3.05, 3.63) is 44.9 Å². The predicted molar refractivity (Wildman–Crippen MR) is 116 cm³/mol. The van der Waals surface area contributed by atoms with Gasteiger partial charge in [0.2, 0.25) is 5.01 Å². The molecule has 3 aromatic rings. The highest BCUT2D eigenvalue weighted by Gasteiger charge is 2.14. The van der Waals surface area contributed by atoms with E-state index in [4.69, 9.17) is 18.9 Å². The molecule has 0 aliphatic carbocycles. The van der Waals surface area contributed by atoms with Gasteiger partial charge in [-0.25, -0.2) is 14.8 Å². The molecule has 0 radical (unpaired) electrons. The van der Waals surface area contributed by atoms with Crippen LogP contribution in [-0.2, 0) is 27.4 Å². The fraction of sp³-hybridized carbons (Fsp3) is 0.381. The van der Waals surface area contributed by atoms with Crippen LogP contribution in [0.4, 0.5) is 0 Å². The minimum Gasteiger partial charge on any atom is -0.493 e. The van der Waals surface area contributed by atoms with Gasteiger partial charge in [0.15, 0.2) is 11.5 Å². The molecule has 2 aromatic heterocycles. The molecule has 0 amide bonds. The first-order valence-corrected chi connectivity index (χ1v) is 10.7. The van der Waals surface area contributed by atoms with Crippen molar-refractivity contribution in [2.45, 2.75) is 32.9 Å². The molecule has 2 heterocycles. The van der Waals surface area contributed by atoms with Gasteiger partial charge in [-0.15, -0.1) is 11.3 Å². The van der Waals surface area contributed by atoms with Gasteiger partial charge < -0.3 is 18.9 Å². The second-order valence-electron chi connectivity index (χ2n) is 6.60. The summed E-state index contributed by atoms with van der Waals surface area (Å²) in [7, 11) is 3.01. The fourth-order valence-electron chi connectivity index (χ4n) is 2.92. The van der Waals surface area contributed by atoms with Gasteiger partial charge in [0.25, 0.3) is 5.56 Å². The van der Waals surface area contributed by atoms with Gasteiger partial charge in [-0.3, -0.25) is 14.2 Å². The van der Waals surface area contributed by atoms with E-state index in [-0.39, 0.29) is 30.2 Å². The minimum atomic E-state index is -0.499. The molecular formula is C21H23N3O7S. The van der Waals surface area contributed by atoms with E-state index < -0.39 is 11.9 Å². The standard InChI is InChI=1S/C21H23N3O7S/c1-4-30-21(27)19-23-13(11-32-19)10-31-18(25)6-5-7-24-12-22-15-9-17(29-3)16(28-2)8-14(15)20(24)26/h8-9,11-12H,4-7,10H2,1-3H3. The fourth-order valence-corrected chi connectivity index (χ4v) is 3.62. The third kappa shape index (κ3) is 5.41. The number of rotatable bonds is 10. The van der Waals surface area contributed by atoms with Crippen LogP contribution in [-0.4, -0.2) is 47.3 Å². The molecule has 10 nitrogen and oxygen atoms in total. The summed E-state index contributed by atoms with van der Waals surface area (Å²) in [5.41, 5.74) is 0.734. The van der Waals surface area contributed by atoms with Crippen LogP contribution in [0.15, 0.2) is 28.6 Å². The molecule has 0 saturated carbocycles. The Hall–Kier alpha value is -3.47. The maximum Gasteiger partial charge on any atom is 0.367 e. The third-order valence-corrected chi connectivity index (χ3v) is 5.36. The summed E-state index contributed by atoms with van der Waals surface area (Å²) in [5.74, 6) is -0.000250. The second kappa shape index (κ2) is 10.7. The Labute approximate surface area is 187 Å². The van der Waals surface area contributed by atoms with Crippen molar-refractivity contribution in [3.63, 3.8) is 0 Å². The number of ether oxygens (including phenoxy) is 4. The number of esters is 2. The number of benzene rings is 1. The van der Waals surface area contributed by atoms with E-state index in [0.29, 0.717) is 41.1 Å². The number of carbonyl (C=O) groups is 2. The second-order valence-corrected chi connectivity index (χ2v) is 7.45. The number of nitrogens with zero attached hydrogens (tertiary/aromatic N) is 3. The summed E-state index contributed by atoms with van der Waals surface area (Å²) in [6, 6.07) is 3.23. The van der Waals surface area contributed by atoms with Crippen LogP contribution in [0.5, 0.6) is 11.5 Å². The predicted octanol–water partition coefficient (Wildman–Crippen LogP) is 2.57. The monoisotopic (exact) mass is 461 g/mol. The van der Waals surface area contributed by atoms with Crippen LogP contribution in [0.25, 0.3) is 10.9 Å². The van der Waals surface area contributed by atoms with E-state index in [0.717, 1.165) is 11.3 Å². The first kappa shape index (κ1) is 23.2. The Bertz CT molecular complexity index is 1170. The van der Waals surface area contributed by atoms with Gasteiger partial charge >= 0.3 is 11.9 Å². The van der Waals surface area contributed by atoms with Crippen molar-refractivity contribution in [1.82, 2.24) is 14.5 Å². The maximum absolute atomic E-state index is 12.8. The number of thiazole rings is 1. The highest BCUT2D eigenvalue weighted by atomic mass is 32.1. The highest BCUT2D eigenvalue weighted by Crippen LogP contribution is 2.29. The van der Waals surface area contributed by atoms with E-state index in [1.54, 1.807) is 24.4 Å². The van der Waals surface area contributed by atoms with Crippen molar-refractivity contribution in [3.8, 4) is 11.5 Å². The smallest absolute Gasteiger partial charge is 0.367 e. The van der Waals surface area contributed by atoms with E-state index in [1.807, 2.05) is 0 Å². The molecule has 3 rings (SSSR count). The van der Waals surface area contributed by atoms with Gasteiger partial charge in [-0.1, -0.05) is 0 Å². The van der Waals surface area contributed by atoms with Crippen LogP contribution in [0, 0.1) is 0 Å². The van der Waals surface area contributed by atoms with Crippen molar-refractivity contribution in [2.24, 2.45) is 0 Å². The van der Waals surface area contributed by atoms with Gasteiger partial charge in [0.1, 0.15) is 6.61 Å². The summed E-state index contributed by atoms with van der Waals surface area (Å²) in [6.07, 6.45) is 1.95. The lowest BCUT2D eigenvalue weighted by molar-refractivity contribution is -0.145. The van der Waals surface area contributed by atoms with Crippen molar-refractivity contribution < 1.29 is 28.5 Å². The summed E-state index contributed by atoms with van der Waals surface area (Å²) >= 11 is 1.13. The largest absolute Gasteiger partial charge is 0.493 e. The average Bonchev–Trinajstić information content (AvgIpc) is 3.28. The molecule has 0 unspecified atom stereocenters. The topological polar surface area (TPSA) is 119 Å². The number of aromatic nitrogens is 3. The van der Waals surface area contributed by atoms with E-state index in [9.17, 15) is 14.4 Å². The molecule has 0 N–H and O–H groups in total. The molecular weight excluding hydrogens is 438 g/mol. The van der Waals surface area contributed by atoms with Crippen LogP contribution >= 0.6 is 11.3 Å². The van der Waals surface area contributed by atoms with Gasteiger partial charge in [0, 0.05) is 24.4 Å². The number of aryl methyl sites for hydroxylation is 1. The molecule has 0 bridgehead atoms. The Morgan fingerprint density at radius 3 is 2.59 bits per heavy atom. The first-order valence-electron chi connectivity index (χ1n) is 9.85. The zero-order valence-electron chi connectivity index (χ0n) is 18.0. The zero-order chi connectivity index (χ0) is 23.1. The van der Waals surface area contributed by atoms with E-state index >= 15 is 0 Å². The van der Waals surface area contributed by atoms with Crippen LogP contribution in [0.1, 0.15) is 35.3 Å². The minimum absolute atomic E-state index is 0.0339. The van der Waals surface area contributed by atoms with E-state index in [2.05, 4.69) is 9.97 Å². The lowest BCUT2D eigenvalue weighted by atomic mass is 10.2. The third-order valence-electron chi connectivity index (χ3n) is 4.49. The van der Waals surface area contributed by atoms with Crippen molar-refractivity contribution >= 4 is 34.2 Å². The summed E-state index contributed by atoms with van der Waals surface area (Å²) in [6.45, 7) is 2.24. The molecule has 0 spiro atoms. The number of hydrogen-bond acceptors (Lipinski definition) is 10. The first-order chi connectivity index (χ1) is 15.5. The molecule has 11 heteroatoms. The number of fused-ring (bicyclic) bond motifs is 1. The Balaban J connectivity index is 1.54. The Morgan fingerprint density at radius 2 is 1.88 bits per heavy atom. The summed E-state index contributed by atoms with van der Waals surface area (Å²) in [5, 5.41) is 2.26. The number of hydrogen-bond donors (Lipinski definition) is 0. The van der Waals surface area contributed by atoms with Gasteiger partial charge in [0.05, 0.1) is 43.8 Å². The van der Waals surface area contributed by atoms with Gasteiger partial charge in [-0.05, 0) is 19.4 Å². The summed E-state index contributed by atoms with van der Waals surface area (Å²) in [4.78, 5) is 44.8. The van der Waals surface area contributed by atoms with Crippen molar-refractivity contribution in [1.29, 1.82) is 0 Å². The van der Waals surface area contributed by atoms with E-state index in [1.165, 1.54) is 25.1 Å².